The van der Waals surface area contributed by atoms with Crippen molar-refractivity contribution in [3.8, 4) is 16.9 Å². The number of amides is 1. The Bertz CT molecular complexity index is 1930. The molecule has 3 heterocycles. The smallest absolute Gasteiger partial charge is 0.267 e. The third kappa shape index (κ3) is 5.48. The van der Waals surface area contributed by atoms with E-state index in [1.807, 2.05) is 104 Å². The van der Waals surface area contributed by atoms with Crippen LogP contribution in [0.4, 0.5) is 5.69 Å². The second-order valence-corrected chi connectivity index (χ2v) is 12.7. The molecule has 0 fully saturated rings. The van der Waals surface area contributed by atoms with Gasteiger partial charge in [0.2, 0.25) is 10.0 Å². The Labute approximate surface area is 254 Å². The van der Waals surface area contributed by atoms with Crippen LogP contribution in [0, 0.1) is 0 Å². The van der Waals surface area contributed by atoms with Crippen molar-refractivity contribution in [3.05, 3.63) is 125 Å². The van der Waals surface area contributed by atoms with Crippen LogP contribution in [-0.2, 0) is 14.8 Å². The van der Waals surface area contributed by atoms with Crippen LogP contribution in [0.25, 0.3) is 23.0 Å². The highest BCUT2D eigenvalue weighted by Crippen LogP contribution is 2.33. The number of anilines is 1. The van der Waals surface area contributed by atoms with Gasteiger partial charge >= 0.3 is 0 Å². The molecule has 0 saturated heterocycles. The summed E-state index contributed by atoms with van der Waals surface area (Å²) in [6.07, 6.45) is 3.66. The molecule has 5 aromatic rings. The average molecular weight is 608 g/mol. The maximum Gasteiger partial charge on any atom is 0.281 e. The number of rotatable bonds is 9. The molecule has 1 aliphatic heterocycles. The maximum atomic E-state index is 13.9. The summed E-state index contributed by atoms with van der Waals surface area (Å²) in [5.74, 6) is -0.258. The summed E-state index contributed by atoms with van der Waals surface area (Å²) in [7, 11) is -3.69. The van der Waals surface area contributed by atoms with E-state index in [2.05, 4.69) is 0 Å². The summed E-state index contributed by atoms with van der Waals surface area (Å²) in [6.45, 7) is 4.38. The molecule has 0 N–H and O–H groups in total. The largest absolute Gasteiger partial charge is 0.281 e. The van der Waals surface area contributed by atoms with Crippen LogP contribution in [0.3, 0.4) is 0 Å². The summed E-state index contributed by atoms with van der Waals surface area (Å²) in [5, 5.41) is 13.0. The summed E-state index contributed by atoms with van der Waals surface area (Å²) in [5.41, 5.74) is 4.31. The summed E-state index contributed by atoms with van der Waals surface area (Å²) in [4.78, 5) is 15.0. The maximum absolute atomic E-state index is 13.9. The molecule has 0 unspecified atom stereocenters. The highest BCUT2D eigenvalue weighted by molar-refractivity contribution is 7.89. The molecule has 2 aromatic heterocycles. The van der Waals surface area contributed by atoms with E-state index in [4.69, 9.17) is 10.2 Å². The standard InChI is InChI=1S/C33H29N5O3S2/c1-3-36(4-2)43(40,41)28-18-11-13-24(21-28)31-25(23-37(34-31)26-14-7-5-8-15-26)22-29-32(30-19-12-20-42-30)35-38(33(29)39)27-16-9-6-10-17-27/h5-23H,3-4H2,1-2H3. The predicted molar refractivity (Wildman–Crippen MR) is 172 cm³/mol. The second kappa shape index (κ2) is 11.9. The number of carbonyl (C=O) groups is 1. The monoisotopic (exact) mass is 607 g/mol. The van der Waals surface area contributed by atoms with E-state index < -0.39 is 10.0 Å². The molecular weight excluding hydrogens is 579 g/mol. The number of hydrazone groups is 1. The van der Waals surface area contributed by atoms with E-state index in [1.165, 1.54) is 20.7 Å². The molecule has 0 spiro atoms. The van der Waals surface area contributed by atoms with E-state index in [9.17, 15) is 13.2 Å². The Kier molecular flexibility index (Phi) is 7.90. The first-order valence-electron chi connectivity index (χ1n) is 13.9. The highest BCUT2D eigenvalue weighted by Gasteiger charge is 2.33. The Hall–Kier alpha value is -4.64. The summed E-state index contributed by atoms with van der Waals surface area (Å²) < 4.78 is 29.9. The third-order valence-electron chi connectivity index (χ3n) is 7.15. The lowest BCUT2D eigenvalue weighted by molar-refractivity contribution is -0.114. The summed E-state index contributed by atoms with van der Waals surface area (Å²) in [6, 6.07) is 29.6. The fourth-order valence-corrected chi connectivity index (χ4v) is 7.21. The van der Waals surface area contributed by atoms with E-state index in [-0.39, 0.29) is 10.8 Å². The number of thiophene rings is 1. The Morgan fingerprint density at radius 3 is 2.21 bits per heavy atom. The minimum absolute atomic E-state index is 0.189. The number of nitrogens with zero attached hydrogens (tertiary/aromatic N) is 5. The van der Waals surface area contributed by atoms with Crippen molar-refractivity contribution < 1.29 is 13.2 Å². The predicted octanol–water partition coefficient (Wildman–Crippen LogP) is 6.47. The van der Waals surface area contributed by atoms with Crippen molar-refractivity contribution >= 4 is 44.7 Å². The Morgan fingerprint density at radius 2 is 1.56 bits per heavy atom. The van der Waals surface area contributed by atoms with Crippen molar-refractivity contribution in [1.29, 1.82) is 0 Å². The zero-order valence-electron chi connectivity index (χ0n) is 23.7. The first-order chi connectivity index (χ1) is 20.9. The number of aromatic nitrogens is 2. The molecular formula is C33H29N5O3S2. The fourth-order valence-electron chi connectivity index (χ4n) is 4.99. The van der Waals surface area contributed by atoms with Gasteiger partial charge in [-0.05, 0) is 53.9 Å². The zero-order chi connectivity index (χ0) is 30.0. The summed E-state index contributed by atoms with van der Waals surface area (Å²) >= 11 is 1.51. The van der Waals surface area contributed by atoms with Gasteiger partial charge in [0.25, 0.3) is 5.91 Å². The number of hydrogen-bond acceptors (Lipinski definition) is 6. The van der Waals surface area contributed by atoms with Gasteiger partial charge in [0, 0.05) is 30.4 Å². The van der Waals surface area contributed by atoms with Gasteiger partial charge in [-0.25, -0.2) is 13.1 Å². The lowest BCUT2D eigenvalue weighted by Crippen LogP contribution is -2.30. The van der Waals surface area contributed by atoms with Gasteiger partial charge in [-0.1, -0.05) is 68.4 Å². The van der Waals surface area contributed by atoms with Crippen LogP contribution in [0.2, 0.25) is 0 Å². The zero-order valence-corrected chi connectivity index (χ0v) is 25.3. The van der Waals surface area contributed by atoms with Gasteiger partial charge in [-0.3, -0.25) is 4.79 Å². The Balaban J connectivity index is 1.52. The van der Waals surface area contributed by atoms with E-state index in [1.54, 1.807) is 29.0 Å². The van der Waals surface area contributed by atoms with Gasteiger partial charge < -0.3 is 0 Å². The Morgan fingerprint density at radius 1 is 0.860 bits per heavy atom. The van der Waals surface area contributed by atoms with E-state index >= 15 is 0 Å². The molecule has 216 valence electrons. The molecule has 0 saturated carbocycles. The minimum Gasteiger partial charge on any atom is -0.267 e. The van der Waals surface area contributed by atoms with Crippen molar-refractivity contribution in [2.24, 2.45) is 5.10 Å². The molecule has 6 rings (SSSR count). The van der Waals surface area contributed by atoms with Crippen LogP contribution in [0.15, 0.2) is 124 Å². The number of para-hydroxylation sites is 2. The third-order valence-corrected chi connectivity index (χ3v) is 10.1. The van der Waals surface area contributed by atoms with Crippen LogP contribution < -0.4 is 5.01 Å². The lowest BCUT2D eigenvalue weighted by atomic mass is 10.0. The molecule has 10 heteroatoms. The van der Waals surface area contributed by atoms with Crippen LogP contribution >= 0.6 is 11.3 Å². The van der Waals surface area contributed by atoms with Crippen molar-refractivity contribution in [2.75, 3.05) is 18.1 Å². The minimum atomic E-state index is -3.69. The topological polar surface area (TPSA) is 87.9 Å². The first kappa shape index (κ1) is 28.5. The van der Waals surface area contributed by atoms with Crippen LogP contribution in [-0.4, -0.2) is 47.2 Å². The number of benzene rings is 3. The number of carbonyl (C=O) groups excluding carboxylic acids is 1. The van der Waals surface area contributed by atoms with Gasteiger partial charge in [0.05, 0.1) is 26.7 Å². The lowest BCUT2D eigenvalue weighted by Gasteiger charge is -2.18. The van der Waals surface area contributed by atoms with Crippen LogP contribution in [0.1, 0.15) is 24.3 Å². The molecule has 8 nitrogen and oxygen atoms in total. The van der Waals surface area contributed by atoms with E-state index in [0.717, 1.165) is 10.6 Å². The average Bonchev–Trinajstić information content (AvgIpc) is 3.79. The van der Waals surface area contributed by atoms with Crippen LogP contribution in [0.5, 0.6) is 0 Å². The normalized spacial score (nSPS) is 14.6. The number of sulfonamides is 1. The molecule has 0 aliphatic carbocycles. The van der Waals surface area contributed by atoms with Gasteiger partial charge in [0.1, 0.15) is 11.4 Å². The van der Waals surface area contributed by atoms with Gasteiger partial charge in [0.15, 0.2) is 0 Å². The second-order valence-electron chi connectivity index (χ2n) is 9.77. The van der Waals surface area contributed by atoms with Gasteiger partial charge in [-0.15, -0.1) is 11.3 Å². The molecule has 0 radical (unpaired) electrons. The molecule has 3 aromatic carbocycles. The van der Waals surface area contributed by atoms with Gasteiger partial charge in [-0.2, -0.15) is 19.5 Å². The van der Waals surface area contributed by atoms with Crippen molar-refractivity contribution in [2.45, 2.75) is 18.7 Å². The molecule has 1 aliphatic rings. The first-order valence-corrected chi connectivity index (χ1v) is 16.2. The van der Waals surface area contributed by atoms with E-state index in [0.29, 0.717) is 46.9 Å². The number of hydrogen-bond donors (Lipinski definition) is 0. The molecule has 1 amide bonds. The SMILES string of the molecule is CCN(CC)S(=O)(=O)c1cccc(-c2nn(-c3ccccc3)cc2C=C2C(=O)N(c3ccccc3)N=C2c2cccs2)c1. The molecule has 0 atom stereocenters. The quantitative estimate of drug-likeness (QED) is 0.180. The molecule has 0 bridgehead atoms. The fraction of sp³-hybridized carbons (Fsp3) is 0.121. The van der Waals surface area contributed by atoms with Crippen molar-refractivity contribution in [3.63, 3.8) is 0 Å². The molecule has 43 heavy (non-hydrogen) atoms. The highest BCUT2D eigenvalue weighted by atomic mass is 32.2. The van der Waals surface area contributed by atoms with Crippen molar-refractivity contribution in [1.82, 2.24) is 14.1 Å².